The topological polar surface area (TPSA) is 9.23 Å². The predicted molar refractivity (Wildman–Crippen MR) is 136 cm³/mol. The standard InChI is InChI=1S/C9H11.C6H13.C5H11O.C4H10.3CH4.3Y/c1-2-6-9-7-4-3-5-8-9;2*1-3-5-6-4-2;1-3-4-2;;;;;;/h4-5,7-8H,2,6H2,1H3;1,3-6H2,2H3;2-5H2,1H3;3-4H2,1-2H3;3*1H4;;;/q3*-1;;;;;;;. The maximum Gasteiger partial charge on any atom is 0.0427 e. The van der Waals surface area contributed by atoms with Gasteiger partial charge in [-0.25, -0.2) is 0 Å². The molecule has 1 aromatic rings. The van der Waals surface area contributed by atoms with Gasteiger partial charge in [-0.2, -0.15) is 42.3 Å². The minimum absolute atomic E-state index is 0. The van der Waals surface area contributed by atoms with Gasteiger partial charge in [0, 0.05) is 105 Å². The molecule has 1 aromatic carbocycles. The van der Waals surface area contributed by atoms with Crippen molar-refractivity contribution in [3.63, 3.8) is 0 Å². The zero-order valence-electron chi connectivity index (χ0n) is 19.6. The molecular formula is C27H57OY3-3. The Morgan fingerprint density at radius 3 is 1.42 bits per heavy atom. The van der Waals surface area contributed by atoms with E-state index in [1.54, 1.807) is 0 Å². The first-order chi connectivity index (χ1) is 12.2. The molecule has 4 heteroatoms. The summed E-state index contributed by atoms with van der Waals surface area (Å²) >= 11 is 0. The number of ether oxygens (including phenoxy) is 1. The SMILES string of the molecule is C.C.C.CCCC.CCCc1cc[c-]cc1.[CH2-]CCCCC.[CH2-]COCCC.[Y].[Y].[Y]. The van der Waals surface area contributed by atoms with Crippen LogP contribution in [0, 0.1) is 19.9 Å². The van der Waals surface area contributed by atoms with E-state index in [0.717, 1.165) is 19.4 Å². The number of benzene rings is 1. The van der Waals surface area contributed by atoms with Crippen LogP contribution < -0.4 is 0 Å². The Hall–Kier alpha value is 2.49. The first kappa shape index (κ1) is 58.9. The summed E-state index contributed by atoms with van der Waals surface area (Å²) < 4.78 is 4.87. The number of aryl methyl sites for hydroxylation is 1. The van der Waals surface area contributed by atoms with Gasteiger partial charge in [-0.15, -0.1) is 0 Å². The van der Waals surface area contributed by atoms with Crippen molar-refractivity contribution in [2.75, 3.05) is 13.2 Å². The molecule has 0 aromatic heterocycles. The molecule has 0 amide bonds. The van der Waals surface area contributed by atoms with E-state index in [-0.39, 0.29) is 120 Å². The maximum atomic E-state index is 4.87. The Balaban J connectivity index is -0.0000000289. The number of hydrogen-bond acceptors (Lipinski definition) is 1. The van der Waals surface area contributed by atoms with Crippen LogP contribution in [-0.4, -0.2) is 13.2 Å². The van der Waals surface area contributed by atoms with E-state index in [9.17, 15) is 0 Å². The van der Waals surface area contributed by atoms with E-state index < -0.39 is 0 Å². The first-order valence-corrected chi connectivity index (χ1v) is 10.3. The van der Waals surface area contributed by atoms with Crippen molar-refractivity contribution in [1.82, 2.24) is 0 Å². The molecular weight excluding hydrogens is 607 g/mol. The van der Waals surface area contributed by atoms with Crippen molar-refractivity contribution < 1.29 is 103 Å². The molecule has 0 spiro atoms. The summed E-state index contributed by atoms with van der Waals surface area (Å²) in [4.78, 5) is 0. The maximum absolute atomic E-state index is 4.87. The van der Waals surface area contributed by atoms with Gasteiger partial charge in [0.05, 0.1) is 0 Å². The van der Waals surface area contributed by atoms with Gasteiger partial charge >= 0.3 is 0 Å². The molecule has 0 saturated carbocycles. The van der Waals surface area contributed by atoms with Crippen LogP contribution in [0.1, 0.15) is 114 Å². The molecule has 0 aliphatic heterocycles. The summed E-state index contributed by atoms with van der Waals surface area (Å²) in [5, 5.41) is 0. The average Bonchev–Trinajstić information content (AvgIpc) is 2.67. The van der Waals surface area contributed by atoms with E-state index in [4.69, 9.17) is 4.74 Å². The molecule has 0 bridgehead atoms. The molecule has 0 unspecified atom stereocenters. The van der Waals surface area contributed by atoms with E-state index in [0.29, 0.717) is 6.61 Å². The van der Waals surface area contributed by atoms with E-state index in [1.807, 2.05) is 12.1 Å². The second-order valence-electron chi connectivity index (χ2n) is 5.83. The van der Waals surface area contributed by atoms with Crippen LogP contribution in [0.25, 0.3) is 0 Å². The Kier molecular flexibility index (Phi) is 121. The van der Waals surface area contributed by atoms with Crippen molar-refractivity contribution in [2.45, 2.75) is 115 Å². The monoisotopic (exact) mass is 664 g/mol. The van der Waals surface area contributed by atoms with E-state index in [2.05, 4.69) is 66.7 Å². The van der Waals surface area contributed by atoms with Gasteiger partial charge in [0.25, 0.3) is 0 Å². The third-order valence-corrected chi connectivity index (χ3v) is 3.17. The summed E-state index contributed by atoms with van der Waals surface area (Å²) in [6, 6.07) is 11.1. The second-order valence-corrected chi connectivity index (χ2v) is 5.83. The Morgan fingerprint density at radius 2 is 1.19 bits per heavy atom. The Morgan fingerprint density at radius 1 is 0.710 bits per heavy atom. The zero-order valence-corrected chi connectivity index (χ0v) is 28.2. The summed E-state index contributed by atoms with van der Waals surface area (Å²) in [6.07, 6.45) is 11.2. The summed E-state index contributed by atoms with van der Waals surface area (Å²) in [5.41, 5.74) is 1.41. The molecule has 0 fully saturated rings. The van der Waals surface area contributed by atoms with Crippen LogP contribution in [0.4, 0.5) is 0 Å². The number of rotatable bonds is 9. The average molecular weight is 664 g/mol. The van der Waals surface area contributed by atoms with Crippen LogP contribution in [0.3, 0.4) is 0 Å². The van der Waals surface area contributed by atoms with Crippen LogP contribution >= 0.6 is 0 Å². The largest absolute Gasteiger partial charge is 0.413 e. The Bertz CT molecular complexity index is 278. The van der Waals surface area contributed by atoms with Crippen LogP contribution in [0.5, 0.6) is 0 Å². The minimum atomic E-state index is 0. The number of unbranched alkanes of at least 4 members (excludes halogenated alkanes) is 4. The molecule has 0 aliphatic carbocycles. The molecule has 183 valence electrons. The van der Waals surface area contributed by atoms with Crippen molar-refractivity contribution in [3.05, 3.63) is 49.7 Å². The fourth-order valence-electron chi connectivity index (χ4n) is 1.55. The van der Waals surface area contributed by atoms with Gasteiger partial charge < -0.3 is 18.6 Å². The molecule has 3 radical (unpaired) electrons. The third-order valence-electron chi connectivity index (χ3n) is 3.17. The molecule has 0 heterocycles. The van der Waals surface area contributed by atoms with Crippen molar-refractivity contribution in [3.8, 4) is 0 Å². The van der Waals surface area contributed by atoms with Crippen LogP contribution in [0.15, 0.2) is 24.3 Å². The van der Waals surface area contributed by atoms with Crippen molar-refractivity contribution in [2.24, 2.45) is 0 Å². The minimum Gasteiger partial charge on any atom is -0.413 e. The van der Waals surface area contributed by atoms with Gasteiger partial charge in [-0.1, -0.05) is 108 Å². The Labute approximate surface area is 276 Å². The van der Waals surface area contributed by atoms with Gasteiger partial charge in [0.15, 0.2) is 0 Å². The molecule has 1 nitrogen and oxygen atoms in total. The van der Waals surface area contributed by atoms with Gasteiger partial charge in [-0.3, -0.25) is 0 Å². The van der Waals surface area contributed by atoms with Crippen LogP contribution in [0.2, 0.25) is 0 Å². The number of hydrogen-bond donors (Lipinski definition) is 0. The zero-order chi connectivity index (χ0) is 19.6. The van der Waals surface area contributed by atoms with E-state index >= 15 is 0 Å². The first-order valence-electron chi connectivity index (χ1n) is 10.3. The normalized spacial score (nSPS) is 7.19. The smallest absolute Gasteiger partial charge is 0.0427 e. The van der Waals surface area contributed by atoms with Crippen LogP contribution in [-0.2, 0) is 109 Å². The summed E-state index contributed by atoms with van der Waals surface area (Å²) in [7, 11) is 0. The quantitative estimate of drug-likeness (QED) is 0.189. The fraction of sp³-hybridized carbons (Fsp3) is 0.704. The van der Waals surface area contributed by atoms with Gasteiger partial charge in [-0.05, 0) is 6.42 Å². The summed E-state index contributed by atoms with van der Waals surface area (Å²) in [5.74, 6) is 0. The fourth-order valence-corrected chi connectivity index (χ4v) is 1.55. The van der Waals surface area contributed by atoms with Gasteiger partial charge in [0.1, 0.15) is 0 Å². The van der Waals surface area contributed by atoms with Crippen molar-refractivity contribution in [1.29, 1.82) is 0 Å². The molecule has 0 aliphatic rings. The van der Waals surface area contributed by atoms with E-state index in [1.165, 1.54) is 50.5 Å². The van der Waals surface area contributed by atoms with Gasteiger partial charge in [0.2, 0.25) is 0 Å². The molecule has 0 N–H and O–H groups in total. The molecule has 1 rings (SSSR count). The molecule has 0 atom stereocenters. The molecule has 0 saturated heterocycles. The third kappa shape index (κ3) is 71.9. The second kappa shape index (κ2) is 63.7. The van der Waals surface area contributed by atoms with Crippen molar-refractivity contribution >= 4 is 0 Å². The molecule has 31 heavy (non-hydrogen) atoms. The predicted octanol–water partition coefficient (Wildman–Crippen LogP) is 9.79. The summed E-state index contributed by atoms with van der Waals surface area (Å²) in [6.45, 7) is 19.5.